The summed E-state index contributed by atoms with van der Waals surface area (Å²) in [6, 6.07) is 0. The van der Waals surface area contributed by atoms with Crippen LogP contribution in [0.3, 0.4) is 0 Å². The molecule has 1 aliphatic rings. The molecule has 2 heterocycles. The molecule has 4 heteroatoms. The van der Waals surface area contributed by atoms with Crippen molar-refractivity contribution in [1.29, 1.82) is 0 Å². The van der Waals surface area contributed by atoms with Crippen molar-refractivity contribution in [3.63, 3.8) is 0 Å². The van der Waals surface area contributed by atoms with Crippen LogP contribution < -0.4 is 5.30 Å². The average Bonchev–Trinajstić information content (AvgIpc) is 2.60. The lowest BCUT2D eigenvalue weighted by Gasteiger charge is -2.13. The first-order valence-corrected chi connectivity index (χ1v) is 6.11. The maximum Gasteiger partial charge on any atom is 0.0864 e. The van der Waals surface area contributed by atoms with Gasteiger partial charge in [-0.2, -0.15) is 0 Å². The summed E-state index contributed by atoms with van der Waals surface area (Å²) in [7, 11) is 2.78. The molecule has 78 valence electrons. The molecule has 1 aliphatic heterocycles. The Balaban J connectivity index is 2.39. The lowest BCUT2D eigenvalue weighted by molar-refractivity contribution is 0.124. The van der Waals surface area contributed by atoms with E-state index in [1.54, 1.807) is 11.3 Å². The van der Waals surface area contributed by atoms with Gasteiger partial charge in [0.2, 0.25) is 0 Å². The van der Waals surface area contributed by atoms with Crippen LogP contribution in [-0.4, -0.2) is 24.4 Å². The summed E-state index contributed by atoms with van der Waals surface area (Å²) in [5.74, 6) is 0.174. The van der Waals surface area contributed by atoms with Gasteiger partial charge in [0.05, 0.1) is 19.3 Å². The molecule has 0 bridgehead atoms. The van der Waals surface area contributed by atoms with Crippen molar-refractivity contribution in [3.05, 3.63) is 15.3 Å². The fourth-order valence-corrected chi connectivity index (χ4v) is 3.76. The van der Waals surface area contributed by atoms with E-state index in [2.05, 4.69) is 23.1 Å². The standard InChI is InChI=1S/C10H15O2PS/c1-5-9(10(13)6(2)14-5)7-3-12-4-8(7)11/h7-8,11H,3-4,13H2,1-2H3/t7-,8+/m1/s1. The topological polar surface area (TPSA) is 29.5 Å². The summed E-state index contributed by atoms with van der Waals surface area (Å²) in [5.41, 5.74) is 1.28. The first-order chi connectivity index (χ1) is 6.61. The highest BCUT2D eigenvalue weighted by Gasteiger charge is 2.31. The second-order valence-corrected chi connectivity index (χ2v) is 5.76. The second-order valence-electron chi connectivity index (χ2n) is 3.75. The quantitative estimate of drug-likeness (QED) is 0.738. The molecular weight excluding hydrogens is 215 g/mol. The average molecular weight is 230 g/mol. The van der Waals surface area contributed by atoms with E-state index >= 15 is 0 Å². The number of hydrogen-bond acceptors (Lipinski definition) is 3. The van der Waals surface area contributed by atoms with Crippen LogP contribution in [0.1, 0.15) is 21.2 Å². The molecule has 2 rings (SSSR count). The molecule has 1 aromatic heterocycles. The smallest absolute Gasteiger partial charge is 0.0864 e. The zero-order valence-electron chi connectivity index (χ0n) is 8.41. The molecule has 1 aromatic rings. The number of hydrogen-bond donors (Lipinski definition) is 1. The lowest BCUT2D eigenvalue weighted by Crippen LogP contribution is -2.19. The summed E-state index contributed by atoms with van der Waals surface area (Å²) in [6.07, 6.45) is -0.331. The van der Waals surface area contributed by atoms with Crippen molar-refractivity contribution in [3.8, 4) is 0 Å². The van der Waals surface area contributed by atoms with E-state index in [1.165, 1.54) is 20.6 Å². The highest BCUT2D eigenvalue weighted by molar-refractivity contribution is 7.30. The van der Waals surface area contributed by atoms with Gasteiger partial charge < -0.3 is 9.84 Å². The third kappa shape index (κ3) is 1.63. The molecule has 1 saturated heterocycles. The molecule has 1 fully saturated rings. The normalized spacial score (nSPS) is 27.1. The minimum atomic E-state index is -0.331. The van der Waals surface area contributed by atoms with Crippen molar-refractivity contribution in [2.24, 2.45) is 0 Å². The Labute approximate surface area is 90.5 Å². The third-order valence-electron chi connectivity index (χ3n) is 2.78. The zero-order valence-corrected chi connectivity index (χ0v) is 10.4. The summed E-state index contributed by atoms with van der Waals surface area (Å²) in [4.78, 5) is 2.63. The lowest BCUT2D eigenvalue weighted by atomic mass is 9.96. The van der Waals surface area contributed by atoms with Crippen molar-refractivity contribution < 1.29 is 9.84 Å². The molecule has 1 N–H and O–H groups in total. The maximum absolute atomic E-state index is 9.77. The van der Waals surface area contributed by atoms with Gasteiger partial charge in [-0.25, -0.2) is 0 Å². The highest BCUT2D eigenvalue weighted by atomic mass is 32.1. The molecule has 0 aliphatic carbocycles. The van der Waals surface area contributed by atoms with Crippen LogP contribution in [0.5, 0.6) is 0 Å². The summed E-state index contributed by atoms with van der Waals surface area (Å²) in [6.45, 7) is 5.36. The van der Waals surface area contributed by atoms with E-state index < -0.39 is 0 Å². The van der Waals surface area contributed by atoms with E-state index in [9.17, 15) is 5.11 Å². The Bertz CT molecular complexity index is 348. The number of ether oxygens (including phenoxy) is 1. The summed E-state index contributed by atoms with van der Waals surface area (Å²) < 4.78 is 5.29. The predicted octanol–water partition coefficient (Wildman–Crippen LogP) is 1.34. The van der Waals surface area contributed by atoms with Gasteiger partial charge in [0.1, 0.15) is 0 Å². The Morgan fingerprint density at radius 1 is 1.36 bits per heavy atom. The van der Waals surface area contributed by atoms with Crippen LogP contribution in [0, 0.1) is 13.8 Å². The van der Waals surface area contributed by atoms with Gasteiger partial charge in [0, 0.05) is 15.7 Å². The molecule has 0 aromatic carbocycles. The van der Waals surface area contributed by atoms with Crippen LogP contribution in [0.15, 0.2) is 0 Å². The molecular formula is C10H15O2PS. The Morgan fingerprint density at radius 2 is 2.07 bits per heavy atom. The van der Waals surface area contributed by atoms with Crippen LogP contribution in [-0.2, 0) is 4.74 Å². The van der Waals surface area contributed by atoms with Gasteiger partial charge in [-0.1, -0.05) is 0 Å². The molecule has 1 unspecified atom stereocenters. The van der Waals surface area contributed by atoms with Crippen molar-refractivity contribution in [2.75, 3.05) is 13.2 Å². The largest absolute Gasteiger partial charge is 0.390 e. The molecule has 14 heavy (non-hydrogen) atoms. The van der Waals surface area contributed by atoms with Crippen LogP contribution in [0.2, 0.25) is 0 Å². The molecule has 3 atom stereocenters. The first-order valence-electron chi connectivity index (χ1n) is 4.72. The Hall–Kier alpha value is 0.0500. The van der Waals surface area contributed by atoms with Gasteiger partial charge in [-0.3, -0.25) is 0 Å². The highest BCUT2D eigenvalue weighted by Crippen LogP contribution is 2.32. The van der Waals surface area contributed by atoms with Crippen molar-refractivity contribution >= 4 is 25.9 Å². The van der Waals surface area contributed by atoms with E-state index in [0.717, 1.165) is 0 Å². The SMILES string of the molecule is Cc1sc(C)c([C@@H]2COC[C@@H]2O)c1P. The number of aliphatic hydroxyl groups excluding tert-OH is 1. The Kier molecular flexibility index (Phi) is 2.94. The fourth-order valence-electron chi connectivity index (χ4n) is 2.00. The fraction of sp³-hybridized carbons (Fsp3) is 0.600. The third-order valence-corrected chi connectivity index (χ3v) is 4.78. The molecule has 0 radical (unpaired) electrons. The number of rotatable bonds is 1. The van der Waals surface area contributed by atoms with Gasteiger partial charge in [0.25, 0.3) is 0 Å². The van der Waals surface area contributed by atoms with E-state index in [4.69, 9.17) is 4.74 Å². The second kappa shape index (κ2) is 3.90. The van der Waals surface area contributed by atoms with Gasteiger partial charge >= 0.3 is 0 Å². The minimum Gasteiger partial charge on any atom is -0.390 e. The summed E-state index contributed by atoms with van der Waals surface area (Å²) in [5, 5.41) is 11.0. The van der Waals surface area contributed by atoms with E-state index in [0.29, 0.717) is 13.2 Å². The van der Waals surface area contributed by atoms with Gasteiger partial charge in [0.15, 0.2) is 0 Å². The van der Waals surface area contributed by atoms with Gasteiger partial charge in [-0.15, -0.1) is 20.6 Å². The molecule has 0 spiro atoms. The number of aliphatic hydroxyl groups is 1. The van der Waals surface area contributed by atoms with Crippen LogP contribution >= 0.6 is 20.6 Å². The monoisotopic (exact) mass is 230 g/mol. The molecule has 0 amide bonds. The van der Waals surface area contributed by atoms with Crippen molar-refractivity contribution in [2.45, 2.75) is 25.9 Å². The molecule has 0 saturated carbocycles. The van der Waals surface area contributed by atoms with E-state index in [-0.39, 0.29) is 12.0 Å². The van der Waals surface area contributed by atoms with Crippen molar-refractivity contribution in [1.82, 2.24) is 0 Å². The van der Waals surface area contributed by atoms with Crippen LogP contribution in [0.4, 0.5) is 0 Å². The molecule has 2 nitrogen and oxygen atoms in total. The maximum atomic E-state index is 9.77. The number of thiophene rings is 1. The minimum absolute atomic E-state index is 0.174. The summed E-state index contributed by atoms with van der Waals surface area (Å²) >= 11 is 1.80. The first kappa shape index (κ1) is 10.6. The van der Waals surface area contributed by atoms with E-state index in [1.807, 2.05) is 0 Å². The Morgan fingerprint density at radius 3 is 2.50 bits per heavy atom. The predicted molar refractivity (Wildman–Crippen MR) is 62.7 cm³/mol. The number of aryl methyl sites for hydroxylation is 2. The van der Waals surface area contributed by atoms with Crippen LogP contribution in [0.25, 0.3) is 0 Å². The zero-order chi connectivity index (χ0) is 10.3. The van der Waals surface area contributed by atoms with Gasteiger partial charge in [-0.05, 0) is 24.7 Å².